The van der Waals surface area contributed by atoms with Crippen LogP contribution in [-0.4, -0.2) is 0 Å². The lowest BCUT2D eigenvalue weighted by Crippen LogP contribution is -2.37. The number of fused-ring (bicyclic) bond motifs is 2. The lowest BCUT2D eigenvalue weighted by atomic mass is 9.93. The number of hydrogen-bond donors (Lipinski definition) is 0. The predicted molar refractivity (Wildman–Crippen MR) is 127 cm³/mol. The maximum atomic E-state index is 2.37. The van der Waals surface area contributed by atoms with E-state index in [1.807, 2.05) is 0 Å². The van der Waals surface area contributed by atoms with Gasteiger partial charge in [0.2, 0.25) is 11.0 Å². The lowest BCUT2D eigenvalue weighted by Gasteiger charge is -2.15. The molecule has 0 aliphatic heterocycles. The Morgan fingerprint density at radius 1 is 0.548 bits per heavy atom. The number of rotatable bonds is 4. The second-order valence-corrected chi connectivity index (χ2v) is 8.48. The molecule has 0 aliphatic carbocycles. The fourth-order valence-corrected chi connectivity index (χ4v) is 4.82. The third kappa shape index (κ3) is 3.59. The predicted octanol–water partition coefficient (Wildman–Crippen LogP) is 5.59. The van der Waals surface area contributed by atoms with Gasteiger partial charge in [-0.15, -0.1) is 0 Å². The highest BCUT2D eigenvalue weighted by atomic mass is 15.0. The normalized spacial score (nSPS) is 11.3. The Morgan fingerprint density at radius 3 is 1.45 bits per heavy atom. The second-order valence-electron chi connectivity index (χ2n) is 8.48. The molecule has 5 rings (SSSR count). The molecule has 0 aliphatic rings. The molecule has 31 heavy (non-hydrogen) atoms. The molecule has 2 nitrogen and oxygen atoms in total. The minimum Gasteiger partial charge on any atom is -0.194 e. The summed E-state index contributed by atoms with van der Waals surface area (Å²) in [7, 11) is 0. The lowest BCUT2D eigenvalue weighted by molar-refractivity contribution is -0.663. The molecule has 0 fully saturated rings. The molecule has 0 unspecified atom stereocenters. The van der Waals surface area contributed by atoms with E-state index < -0.39 is 0 Å². The molecule has 2 heterocycles. The largest absolute Gasteiger partial charge is 0.212 e. The molecule has 2 aromatic heterocycles. The zero-order valence-corrected chi connectivity index (χ0v) is 18.5. The molecule has 0 saturated heterocycles. The van der Waals surface area contributed by atoms with E-state index in [0.29, 0.717) is 0 Å². The van der Waals surface area contributed by atoms with E-state index in [0.717, 1.165) is 13.1 Å². The van der Waals surface area contributed by atoms with E-state index >= 15 is 0 Å². The molecule has 3 aromatic carbocycles. The molecule has 0 bridgehead atoms. The van der Waals surface area contributed by atoms with Crippen molar-refractivity contribution in [3.63, 3.8) is 0 Å². The Hall–Kier alpha value is -3.52. The van der Waals surface area contributed by atoms with Crippen LogP contribution in [0, 0.1) is 20.8 Å². The molecule has 0 spiro atoms. The fourth-order valence-electron chi connectivity index (χ4n) is 4.82. The van der Waals surface area contributed by atoms with Crippen molar-refractivity contribution in [3.05, 3.63) is 119 Å². The van der Waals surface area contributed by atoms with Gasteiger partial charge in [0.25, 0.3) is 0 Å². The summed E-state index contributed by atoms with van der Waals surface area (Å²) in [6, 6.07) is 28.3. The molecule has 0 atom stereocenters. The molecule has 0 amide bonds. The highest BCUT2D eigenvalue weighted by Crippen LogP contribution is 2.23. The molecule has 152 valence electrons. The summed E-state index contributed by atoms with van der Waals surface area (Å²) in [4.78, 5) is 0. The van der Waals surface area contributed by atoms with Crippen molar-refractivity contribution < 1.29 is 9.13 Å². The smallest absolute Gasteiger partial charge is 0.194 e. The average Bonchev–Trinajstić information content (AvgIpc) is 2.79. The van der Waals surface area contributed by atoms with E-state index in [1.165, 1.54) is 49.6 Å². The van der Waals surface area contributed by atoms with Crippen LogP contribution < -0.4 is 9.13 Å². The van der Waals surface area contributed by atoms with Crippen molar-refractivity contribution >= 4 is 21.8 Å². The fraction of sp³-hybridized carbons (Fsp3) is 0.172. The van der Waals surface area contributed by atoms with Crippen LogP contribution in [0.4, 0.5) is 0 Å². The summed E-state index contributed by atoms with van der Waals surface area (Å²) in [5.74, 6) is 0. The summed E-state index contributed by atoms with van der Waals surface area (Å²) in [6.07, 6.45) is 4.39. The Kier molecular flexibility index (Phi) is 4.99. The van der Waals surface area contributed by atoms with Crippen LogP contribution >= 0.6 is 0 Å². The summed E-state index contributed by atoms with van der Waals surface area (Å²) < 4.78 is 4.74. The first-order valence-corrected chi connectivity index (χ1v) is 10.9. The SMILES string of the molecule is Cc1cc(C)c(C[n+]2cccc3ccccc32)c(C)c1C[n+]1cccc2ccccc21. The number of nitrogens with zero attached hydrogens (tertiary/aromatic N) is 2. The van der Waals surface area contributed by atoms with E-state index in [9.17, 15) is 0 Å². The van der Waals surface area contributed by atoms with Crippen LogP contribution in [0.1, 0.15) is 27.8 Å². The van der Waals surface area contributed by atoms with Crippen molar-refractivity contribution in [2.24, 2.45) is 0 Å². The summed E-state index contributed by atoms with van der Waals surface area (Å²) in [5.41, 5.74) is 9.51. The van der Waals surface area contributed by atoms with Gasteiger partial charge >= 0.3 is 0 Å². The number of hydrogen-bond acceptors (Lipinski definition) is 0. The van der Waals surface area contributed by atoms with E-state index in [2.05, 4.69) is 121 Å². The molecule has 0 saturated carbocycles. The summed E-state index contributed by atoms with van der Waals surface area (Å²) in [6.45, 7) is 8.55. The Labute approximate surface area is 184 Å². The van der Waals surface area contributed by atoms with Gasteiger partial charge in [0, 0.05) is 46.2 Å². The zero-order chi connectivity index (χ0) is 21.4. The average molecular weight is 405 g/mol. The number of aromatic nitrogens is 2. The first-order chi connectivity index (χ1) is 15.1. The number of pyridine rings is 2. The Morgan fingerprint density at radius 2 is 0.968 bits per heavy atom. The van der Waals surface area contributed by atoms with Crippen LogP contribution in [0.15, 0.2) is 91.3 Å². The van der Waals surface area contributed by atoms with Crippen LogP contribution in [0.3, 0.4) is 0 Å². The quantitative estimate of drug-likeness (QED) is 0.345. The highest BCUT2D eigenvalue weighted by molar-refractivity contribution is 5.75. The van der Waals surface area contributed by atoms with Crippen molar-refractivity contribution in [1.29, 1.82) is 0 Å². The van der Waals surface area contributed by atoms with Crippen molar-refractivity contribution in [3.8, 4) is 0 Å². The van der Waals surface area contributed by atoms with Gasteiger partial charge in [-0.25, -0.2) is 0 Å². The van der Waals surface area contributed by atoms with Gasteiger partial charge in [-0.2, -0.15) is 9.13 Å². The topological polar surface area (TPSA) is 7.76 Å². The zero-order valence-electron chi connectivity index (χ0n) is 18.5. The van der Waals surface area contributed by atoms with E-state index in [-0.39, 0.29) is 0 Å². The van der Waals surface area contributed by atoms with Crippen LogP contribution in [-0.2, 0) is 13.1 Å². The molecular weight excluding hydrogens is 376 g/mol. The maximum Gasteiger partial charge on any atom is 0.212 e. The number of para-hydroxylation sites is 2. The van der Waals surface area contributed by atoms with Gasteiger partial charge in [0.15, 0.2) is 25.5 Å². The van der Waals surface area contributed by atoms with Crippen LogP contribution in [0.25, 0.3) is 21.8 Å². The van der Waals surface area contributed by atoms with Crippen molar-refractivity contribution in [1.82, 2.24) is 0 Å². The maximum absolute atomic E-state index is 2.37. The minimum absolute atomic E-state index is 0.881. The Bertz CT molecular complexity index is 1300. The first kappa shape index (κ1) is 19.4. The second kappa shape index (κ2) is 7.96. The summed E-state index contributed by atoms with van der Waals surface area (Å²) in [5, 5.41) is 2.55. The van der Waals surface area contributed by atoms with Crippen LogP contribution in [0.5, 0.6) is 0 Å². The standard InChI is InChI=1S/C29H28N2/c1-21-18-22(2)27(20-31-17-9-13-25-11-5-7-15-29(25)31)23(3)26(21)19-30-16-8-12-24-10-4-6-14-28(24)30/h4-18H,19-20H2,1-3H3/q+2. The van der Waals surface area contributed by atoms with Gasteiger partial charge in [0.05, 0.1) is 0 Å². The molecule has 0 radical (unpaired) electrons. The van der Waals surface area contributed by atoms with Gasteiger partial charge in [-0.05, 0) is 61.7 Å². The third-order valence-corrected chi connectivity index (χ3v) is 6.52. The first-order valence-electron chi connectivity index (χ1n) is 10.9. The molecule has 5 aromatic rings. The van der Waals surface area contributed by atoms with Gasteiger partial charge in [-0.1, -0.05) is 30.3 Å². The van der Waals surface area contributed by atoms with Gasteiger partial charge in [-0.3, -0.25) is 0 Å². The van der Waals surface area contributed by atoms with Gasteiger partial charge in [0.1, 0.15) is 0 Å². The summed E-state index contributed by atoms with van der Waals surface area (Å²) >= 11 is 0. The van der Waals surface area contributed by atoms with E-state index in [1.54, 1.807) is 0 Å². The number of benzene rings is 3. The van der Waals surface area contributed by atoms with Crippen molar-refractivity contribution in [2.45, 2.75) is 33.9 Å². The third-order valence-electron chi connectivity index (χ3n) is 6.52. The van der Waals surface area contributed by atoms with Gasteiger partial charge < -0.3 is 0 Å². The number of aryl methyl sites for hydroxylation is 2. The minimum atomic E-state index is 0.881. The molecular formula is C29H28N2+2. The van der Waals surface area contributed by atoms with E-state index in [4.69, 9.17) is 0 Å². The Balaban J connectivity index is 1.59. The molecule has 0 N–H and O–H groups in total. The monoisotopic (exact) mass is 404 g/mol. The van der Waals surface area contributed by atoms with Crippen molar-refractivity contribution in [2.75, 3.05) is 0 Å². The van der Waals surface area contributed by atoms with Crippen LogP contribution in [0.2, 0.25) is 0 Å². The molecule has 2 heteroatoms. The highest BCUT2D eigenvalue weighted by Gasteiger charge is 2.19.